The number of aryl methyl sites for hydroxylation is 1. The van der Waals surface area contributed by atoms with E-state index in [0.29, 0.717) is 18.0 Å². The van der Waals surface area contributed by atoms with Crippen molar-refractivity contribution >= 4 is 28.6 Å². The Morgan fingerprint density at radius 3 is 2.53 bits per heavy atom. The summed E-state index contributed by atoms with van der Waals surface area (Å²) in [6, 6.07) is 22.4. The third-order valence-corrected chi connectivity index (χ3v) is 8.91. The van der Waals surface area contributed by atoms with Gasteiger partial charge < -0.3 is 14.2 Å². The Morgan fingerprint density at radius 2 is 1.79 bits per heavy atom. The average Bonchev–Trinajstić information content (AvgIpc) is 3.52. The van der Waals surface area contributed by atoms with Crippen LogP contribution in [0.5, 0.6) is 0 Å². The molecular weight excluding hydrogens is 534 g/mol. The minimum absolute atomic E-state index is 0.170. The quantitative estimate of drug-likeness (QED) is 0.198. The fourth-order valence-electron chi connectivity index (χ4n) is 6.78. The molecule has 2 atom stereocenters. The number of hydrogen-bond donors (Lipinski definition) is 0. The molecule has 0 N–H and O–H groups in total. The first-order valence-corrected chi connectivity index (χ1v) is 15.9. The molecule has 6 heteroatoms. The van der Waals surface area contributed by atoms with Crippen LogP contribution in [0.2, 0.25) is 0 Å². The van der Waals surface area contributed by atoms with Gasteiger partial charge in [-0.2, -0.15) is 0 Å². The number of rotatable bonds is 8. The molecule has 6 rings (SSSR count). The Labute approximate surface area is 255 Å². The molecule has 1 aromatic heterocycles. The number of fused-ring (bicyclic) bond motifs is 2. The zero-order chi connectivity index (χ0) is 30.1. The molecule has 1 saturated heterocycles. The lowest BCUT2D eigenvalue weighted by molar-refractivity contribution is -0.121. The van der Waals surface area contributed by atoms with Crippen LogP contribution in [0.4, 0.5) is 5.69 Å². The summed E-state index contributed by atoms with van der Waals surface area (Å²) in [7, 11) is 0. The third kappa shape index (κ3) is 6.11. The third-order valence-electron chi connectivity index (χ3n) is 8.91. The van der Waals surface area contributed by atoms with Crippen LogP contribution in [0.1, 0.15) is 88.0 Å². The van der Waals surface area contributed by atoms with Gasteiger partial charge in [-0.1, -0.05) is 68.7 Å². The predicted molar refractivity (Wildman–Crippen MR) is 172 cm³/mol. The van der Waals surface area contributed by atoms with Crippen LogP contribution in [-0.4, -0.2) is 33.6 Å². The van der Waals surface area contributed by atoms with Crippen LogP contribution in [0.25, 0.3) is 22.2 Å². The number of nitrogens with zero attached hydrogens (tertiary/aromatic N) is 3. The molecule has 2 unspecified atom stereocenters. The molecular formula is C37H43N3O3. The van der Waals surface area contributed by atoms with Gasteiger partial charge in [-0.15, -0.1) is 0 Å². The van der Waals surface area contributed by atoms with E-state index >= 15 is 0 Å². The van der Waals surface area contributed by atoms with Gasteiger partial charge in [0.05, 0.1) is 16.6 Å². The number of imidazole rings is 1. The van der Waals surface area contributed by atoms with E-state index in [4.69, 9.17) is 9.72 Å². The van der Waals surface area contributed by atoms with Crippen molar-refractivity contribution in [3.8, 4) is 11.1 Å². The summed E-state index contributed by atoms with van der Waals surface area (Å²) in [6.45, 7) is 9.26. The van der Waals surface area contributed by atoms with Crippen molar-refractivity contribution in [2.24, 2.45) is 11.8 Å². The number of unbranched alkanes of at least 4 members (excludes halogenated alkanes) is 1. The second kappa shape index (κ2) is 12.0. The first kappa shape index (κ1) is 29.2. The molecule has 0 radical (unpaired) electrons. The molecule has 2 aliphatic rings. The van der Waals surface area contributed by atoms with Gasteiger partial charge >= 0.3 is 5.97 Å². The second-order valence-electron chi connectivity index (χ2n) is 13.2. The fraction of sp³-hybridized carbons (Fsp3) is 0.432. The van der Waals surface area contributed by atoms with Crippen LogP contribution in [0.3, 0.4) is 0 Å². The average molecular weight is 578 g/mol. The Bertz CT molecular complexity index is 1630. The van der Waals surface area contributed by atoms with E-state index in [0.717, 1.165) is 84.3 Å². The number of anilines is 1. The van der Waals surface area contributed by atoms with Crippen molar-refractivity contribution in [1.82, 2.24) is 9.55 Å². The number of benzene rings is 3. The number of carbonyl (C=O) groups is 2. The van der Waals surface area contributed by atoms with Crippen LogP contribution in [0, 0.1) is 11.8 Å². The van der Waals surface area contributed by atoms with Crippen molar-refractivity contribution < 1.29 is 14.3 Å². The number of carbonyl (C=O) groups excluding carboxylic acids is 2. The van der Waals surface area contributed by atoms with E-state index in [1.54, 1.807) is 0 Å². The highest BCUT2D eigenvalue weighted by Gasteiger charge is 2.42. The molecule has 1 aliphatic carbocycles. The predicted octanol–water partition coefficient (Wildman–Crippen LogP) is 8.20. The summed E-state index contributed by atoms with van der Waals surface area (Å²) in [5.41, 5.74) is 5.72. The van der Waals surface area contributed by atoms with E-state index in [1.807, 2.05) is 68.1 Å². The minimum atomic E-state index is -0.601. The second-order valence-corrected chi connectivity index (χ2v) is 13.2. The van der Waals surface area contributed by atoms with Crippen LogP contribution >= 0.6 is 0 Å². The van der Waals surface area contributed by atoms with Crippen molar-refractivity contribution in [2.45, 2.75) is 84.8 Å². The highest BCUT2D eigenvalue weighted by Crippen LogP contribution is 2.40. The smallest absolute Gasteiger partial charge is 0.339 e. The van der Waals surface area contributed by atoms with E-state index in [1.165, 1.54) is 6.42 Å². The summed E-state index contributed by atoms with van der Waals surface area (Å²) < 4.78 is 8.13. The van der Waals surface area contributed by atoms with Gasteiger partial charge in [0, 0.05) is 31.1 Å². The van der Waals surface area contributed by atoms with Crippen LogP contribution < -0.4 is 4.90 Å². The number of amides is 1. The Kier molecular flexibility index (Phi) is 8.13. The van der Waals surface area contributed by atoms with Crippen LogP contribution in [0.15, 0.2) is 66.7 Å². The molecule has 6 nitrogen and oxygen atoms in total. The zero-order valence-electron chi connectivity index (χ0n) is 25.9. The van der Waals surface area contributed by atoms with Crippen molar-refractivity contribution in [3.05, 3.63) is 83.7 Å². The Morgan fingerprint density at radius 1 is 1.00 bits per heavy atom. The fourth-order valence-corrected chi connectivity index (χ4v) is 6.78. The van der Waals surface area contributed by atoms with Gasteiger partial charge in [0.25, 0.3) is 0 Å². The number of hydrogen-bond acceptors (Lipinski definition) is 4. The zero-order valence-corrected chi connectivity index (χ0v) is 25.9. The molecule has 4 aromatic rings. The Balaban J connectivity index is 1.39. The number of esters is 1. The van der Waals surface area contributed by atoms with E-state index in [-0.39, 0.29) is 17.8 Å². The van der Waals surface area contributed by atoms with Crippen molar-refractivity contribution in [2.75, 3.05) is 11.4 Å². The van der Waals surface area contributed by atoms with E-state index in [9.17, 15) is 9.59 Å². The number of ether oxygens (including phenoxy) is 1. The monoisotopic (exact) mass is 577 g/mol. The minimum Gasteiger partial charge on any atom is -0.456 e. The molecule has 2 fully saturated rings. The lowest BCUT2D eigenvalue weighted by Crippen LogP contribution is -2.27. The van der Waals surface area contributed by atoms with E-state index < -0.39 is 5.60 Å². The lowest BCUT2D eigenvalue weighted by atomic mass is 9.81. The maximum Gasteiger partial charge on any atom is 0.339 e. The highest BCUT2D eigenvalue weighted by molar-refractivity contribution is 5.99. The molecule has 0 bridgehead atoms. The molecule has 3 aromatic carbocycles. The lowest BCUT2D eigenvalue weighted by Gasteiger charge is -2.21. The summed E-state index contributed by atoms with van der Waals surface area (Å²) in [4.78, 5) is 33.9. The summed E-state index contributed by atoms with van der Waals surface area (Å²) in [6.07, 6.45) is 7.53. The van der Waals surface area contributed by atoms with Gasteiger partial charge in [-0.3, -0.25) is 4.79 Å². The van der Waals surface area contributed by atoms with E-state index in [2.05, 4.69) is 35.8 Å². The maximum atomic E-state index is 13.5. The van der Waals surface area contributed by atoms with Gasteiger partial charge in [-0.25, -0.2) is 9.78 Å². The Hall–Kier alpha value is -3.93. The van der Waals surface area contributed by atoms with Crippen molar-refractivity contribution in [3.63, 3.8) is 0 Å². The summed E-state index contributed by atoms with van der Waals surface area (Å²) in [5.74, 6) is 1.62. The molecule has 224 valence electrons. The van der Waals surface area contributed by atoms with Gasteiger partial charge in [-0.05, 0) is 86.9 Å². The first-order valence-electron chi connectivity index (χ1n) is 15.9. The molecule has 1 aliphatic heterocycles. The first-order chi connectivity index (χ1) is 20.7. The van der Waals surface area contributed by atoms with Crippen molar-refractivity contribution in [1.29, 1.82) is 0 Å². The van der Waals surface area contributed by atoms with Crippen LogP contribution in [-0.2, 0) is 22.5 Å². The molecule has 1 saturated carbocycles. The topological polar surface area (TPSA) is 64.4 Å². The SMILES string of the molecule is CCCCc1nc2ccc(N3CC4CCCCC4C3=O)cc2n1Cc1ccc(-c2ccccc2)c(C(=O)OC(C)(C)C)c1. The maximum absolute atomic E-state index is 13.5. The normalized spacial score (nSPS) is 18.7. The summed E-state index contributed by atoms with van der Waals surface area (Å²) >= 11 is 0. The van der Waals surface area contributed by atoms with Gasteiger partial charge in [0.15, 0.2) is 0 Å². The highest BCUT2D eigenvalue weighted by atomic mass is 16.6. The standard InChI is InChI=1S/C37H43N3O3/c1-5-6-16-34-38-32-20-18-28(39-24-27-14-10-11-15-30(27)35(39)41)22-33(32)40(34)23-25-17-19-29(26-12-8-7-9-13-26)31(21-25)36(42)43-37(2,3)4/h7-9,12-13,17-22,27,30H,5-6,10-11,14-16,23-24H2,1-4H3. The molecule has 2 heterocycles. The molecule has 43 heavy (non-hydrogen) atoms. The summed E-state index contributed by atoms with van der Waals surface area (Å²) in [5, 5.41) is 0. The molecule has 0 spiro atoms. The largest absolute Gasteiger partial charge is 0.456 e. The van der Waals surface area contributed by atoms with Gasteiger partial charge in [0.2, 0.25) is 5.91 Å². The van der Waals surface area contributed by atoms with Gasteiger partial charge in [0.1, 0.15) is 11.4 Å². The molecule has 1 amide bonds. The number of aromatic nitrogens is 2.